The van der Waals surface area contributed by atoms with Crippen LogP contribution in [0.3, 0.4) is 0 Å². The van der Waals surface area contributed by atoms with E-state index in [1.165, 1.54) is 34.7 Å². The summed E-state index contributed by atoms with van der Waals surface area (Å²) in [6, 6.07) is 10.6. The molecule has 126 valence electrons. The Labute approximate surface area is 132 Å². The number of benzene rings is 2. The molecule has 6 heteroatoms. The number of aliphatic carboxylic acids is 1. The molecule has 2 aromatic carbocycles. The van der Waals surface area contributed by atoms with Gasteiger partial charge in [-0.25, -0.2) is 4.79 Å². The van der Waals surface area contributed by atoms with Crippen LogP contribution in [0, 0.1) is 6.92 Å². The molecule has 3 N–H and O–H groups in total. The number of halogens is 3. The van der Waals surface area contributed by atoms with Crippen LogP contribution >= 0.6 is 0 Å². The number of fused-ring (bicyclic) bond motifs is 1. The molecular formula is C17H20F3NO2. The molecule has 0 aromatic heterocycles. The quantitative estimate of drug-likeness (QED) is 0.803. The molecule has 0 fully saturated rings. The molecule has 0 bridgehead atoms. The maximum atomic E-state index is 10.6. The van der Waals surface area contributed by atoms with Gasteiger partial charge in [0.15, 0.2) is 0 Å². The summed E-state index contributed by atoms with van der Waals surface area (Å²) >= 11 is 0. The van der Waals surface area contributed by atoms with Crippen molar-refractivity contribution in [3.8, 4) is 0 Å². The van der Waals surface area contributed by atoms with Crippen LogP contribution < -0.4 is 5.73 Å². The van der Waals surface area contributed by atoms with Gasteiger partial charge < -0.3 is 10.8 Å². The average Bonchev–Trinajstić information content (AvgIpc) is 2.49. The maximum absolute atomic E-state index is 10.6. The molecule has 23 heavy (non-hydrogen) atoms. The molecule has 0 saturated carbocycles. The number of hydrogen-bond acceptors (Lipinski definition) is 2. The molecule has 2 aromatic rings. The third kappa shape index (κ3) is 5.16. The van der Waals surface area contributed by atoms with Crippen molar-refractivity contribution in [1.29, 1.82) is 0 Å². The van der Waals surface area contributed by atoms with Gasteiger partial charge in [0.1, 0.15) is 0 Å². The number of hydrogen-bond donors (Lipinski definition) is 2. The standard InChI is InChI=1S/C15H19N.C2HF3O2/c1-3-4-7-12-10-13-8-5-6-9-14(13)15(16)11(12)2;3-2(4,5)1(6)7/h5-6,8-10H,3-4,7,16H2,1-2H3;(H,6,7). The van der Waals surface area contributed by atoms with Crippen LogP contribution in [0.4, 0.5) is 18.9 Å². The SMILES string of the molecule is CCCCc1cc2ccccc2c(N)c1C.O=C(O)C(F)(F)F. The topological polar surface area (TPSA) is 63.3 Å². The van der Waals surface area contributed by atoms with Gasteiger partial charge in [-0.2, -0.15) is 13.2 Å². The van der Waals surface area contributed by atoms with Crippen LogP contribution in [0.5, 0.6) is 0 Å². The molecule has 0 aliphatic carbocycles. The Hall–Kier alpha value is -2.24. The first kappa shape index (κ1) is 18.8. The number of carbonyl (C=O) groups is 1. The van der Waals surface area contributed by atoms with Crippen LogP contribution in [-0.4, -0.2) is 17.3 Å². The van der Waals surface area contributed by atoms with E-state index in [9.17, 15) is 13.2 Å². The predicted molar refractivity (Wildman–Crippen MR) is 85.4 cm³/mol. The number of alkyl halides is 3. The fraction of sp³-hybridized carbons (Fsp3) is 0.353. The molecule has 0 atom stereocenters. The largest absolute Gasteiger partial charge is 0.490 e. The average molecular weight is 327 g/mol. The van der Waals surface area contributed by atoms with Crippen molar-refractivity contribution in [2.45, 2.75) is 39.3 Å². The Morgan fingerprint density at radius 3 is 2.35 bits per heavy atom. The zero-order valence-corrected chi connectivity index (χ0v) is 13.1. The van der Waals surface area contributed by atoms with Crippen LogP contribution in [-0.2, 0) is 11.2 Å². The van der Waals surface area contributed by atoms with Gasteiger partial charge in [0.2, 0.25) is 0 Å². The highest BCUT2D eigenvalue weighted by Crippen LogP contribution is 2.28. The lowest BCUT2D eigenvalue weighted by Gasteiger charge is -2.11. The minimum absolute atomic E-state index is 0.948. The maximum Gasteiger partial charge on any atom is 0.490 e. The van der Waals surface area contributed by atoms with Crippen LogP contribution in [0.2, 0.25) is 0 Å². The minimum Gasteiger partial charge on any atom is -0.475 e. The van der Waals surface area contributed by atoms with Gasteiger partial charge >= 0.3 is 12.1 Å². The van der Waals surface area contributed by atoms with Gasteiger partial charge in [-0.05, 0) is 36.3 Å². The Morgan fingerprint density at radius 1 is 1.26 bits per heavy atom. The van der Waals surface area contributed by atoms with E-state index in [-0.39, 0.29) is 0 Å². The van der Waals surface area contributed by atoms with E-state index < -0.39 is 12.1 Å². The number of carboxylic acid groups (broad SMARTS) is 1. The van der Waals surface area contributed by atoms with Crippen molar-refractivity contribution in [3.05, 3.63) is 41.5 Å². The third-order valence-corrected chi connectivity index (χ3v) is 3.51. The Bertz CT molecular complexity index is 681. The van der Waals surface area contributed by atoms with E-state index in [2.05, 4.69) is 38.1 Å². The summed E-state index contributed by atoms with van der Waals surface area (Å²) in [7, 11) is 0. The highest BCUT2D eigenvalue weighted by molar-refractivity contribution is 5.95. The fourth-order valence-corrected chi connectivity index (χ4v) is 2.17. The van der Waals surface area contributed by atoms with Crippen molar-refractivity contribution in [3.63, 3.8) is 0 Å². The van der Waals surface area contributed by atoms with Gasteiger partial charge in [0, 0.05) is 11.1 Å². The first-order valence-electron chi connectivity index (χ1n) is 7.25. The van der Waals surface area contributed by atoms with Gasteiger partial charge in [0.25, 0.3) is 0 Å². The van der Waals surface area contributed by atoms with Gasteiger partial charge in [-0.3, -0.25) is 0 Å². The monoisotopic (exact) mass is 327 g/mol. The minimum atomic E-state index is -5.08. The van der Waals surface area contributed by atoms with Crippen molar-refractivity contribution in [2.24, 2.45) is 0 Å². The highest BCUT2D eigenvalue weighted by atomic mass is 19.4. The Kier molecular flexibility index (Phi) is 6.42. The normalized spacial score (nSPS) is 11.0. The third-order valence-electron chi connectivity index (χ3n) is 3.51. The lowest BCUT2D eigenvalue weighted by atomic mass is 9.96. The molecule has 0 spiro atoms. The van der Waals surface area contributed by atoms with E-state index in [0.29, 0.717) is 0 Å². The second kappa shape index (κ2) is 7.85. The number of nitrogens with two attached hydrogens (primary N) is 1. The number of carboxylic acids is 1. The summed E-state index contributed by atoms with van der Waals surface area (Å²) in [5.74, 6) is -2.76. The molecule has 0 radical (unpaired) electrons. The molecule has 0 saturated heterocycles. The zero-order valence-electron chi connectivity index (χ0n) is 13.1. The molecular weight excluding hydrogens is 307 g/mol. The Balaban J connectivity index is 0.000000322. The van der Waals surface area contributed by atoms with Crippen molar-refractivity contribution in [1.82, 2.24) is 0 Å². The Morgan fingerprint density at radius 2 is 1.83 bits per heavy atom. The number of rotatable bonds is 3. The summed E-state index contributed by atoms with van der Waals surface area (Å²) in [6.07, 6.45) is -1.48. The second-order valence-electron chi connectivity index (χ2n) is 5.20. The van der Waals surface area contributed by atoms with Gasteiger partial charge in [-0.1, -0.05) is 43.7 Å². The van der Waals surface area contributed by atoms with E-state index in [1.54, 1.807) is 0 Å². The molecule has 3 nitrogen and oxygen atoms in total. The van der Waals surface area contributed by atoms with Crippen molar-refractivity contribution in [2.75, 3.05) is 5.73 Å². The van der Waals surface area contributed by atoms with Crippen LogP contribution in [0.25, 0.3) is 10.8 Å². The predicted octanol–water partition coefficient (Wildman–Crippen LogP) is 4.71. The molecule has 2 rings (SSSR count). The summed E-state index contributed by atoms with van der Waals surface area (Å²) < 4.78 is 31.7. The van der Waals surface area contributed by atoms with Crippen molar-refractivity contribution < 1.29 is 23.1 Å². The number of aryl methyl sites for hydroxylation is 1. The molecule has 0 aliphatic rings. The molecule has 0 unspecified atom stereocenters. The van der Waals surface area contributed by atoms with Crippen LogP contribution in [0.15, 0.2) is 30.3 Å². The van der Waals surface area contributed by atoms with Gasteiger partial charge in [0.05, 0.1) is 0 Å². The number of nitrogen functional groups attached to an aromatic ring is 1. The molecule has 0 heterocycles. The van der Waals surface area contributed by atoms with E-state index in [0.717, 1.165) is 12.1 Å². The van der Waals surface area contributed by atoms with Gasteiger partial charge in [-0.15, -0.1) is 0 Å². The summed E-state index contributed by atoms with van der Waals surface area (Å²) in [6.45, 7) is 4.35. The number of unbranched alkanes of at least 4 members (excludes halogenated alkanes) is 1. The van der Waals surface area contributed by atoms with E-state index in [4.69, 9.17) is 15.6 Å². The van der Waals surface area contributed by atoms with Crippen LogP contribution in [0.1, 0.15) is 30.9 Å². The first-order valence-corrected chi connectivity index (χ1v) is 7.25. The molecule has 0 amide bonds. The smallest absolute Gasteiger partial charge is 0.475 e. The summed E-state index contributed by atoms with van der Waals surface area (Å²) in [4.78, 5) is 8.90. The number of anilines is 1. The second-order valence-corrected chi connectivity index (χ2v) is 5.20. The molecule has 0 aliphatic heterocycles. The highest BCUT2D eigenvalue weighted by Gasteiger charge is 2.38. The summed E-state index contributed by atoms with van der Waals surface area (Å²) in [5.41, 5.74) is 9.80. The summed E-state index contributed by atoms with van der Waals surface area (Å²) in [5, 5.41) is 9.57. The first-order chi connectivity index (χ1) is 10.7. The van der Waals surface area contributed by atoms with E-state index in [1.807, 2.05) is 6.07 Å². The van der Waals surface area contributed by atoms with E-state index >= 15 is 0 Å². The van der Waals surface area contributed by atoms with Crippen molar-refractivity contribution >= 4 is 22.4 Å². The fourth-order valence-electron chi connectivity index (χ4n) is 2.17. The lowest BCUT2D eigenvalue weighted by molar-refractivity contribution is -0.192. The lowest BCUT2D eigenvalue weighted by Crippen LogP contribution is -2.21. The zero-order chi connectivity index (χ0) is 17.6.